The van der Waals surface area contributed by atoms with Crippen LogP contribution in [0.5, 0.6) is 0 Å². The Morgan fingerprint density at radius 3 is 2.68 bits per heavy atom. The lowest BCUT2D eigenvalue weighted by Gasteiger charge is -2.01. The third-order valence-corrected chi connectivity index (χ3v) is 3.82. The van der Waals surface area contributed by atoms with Crippen LogP contribution in [-0.2, 0) is 0 Å². The Labute approximate surface area is 129 Å². The third kappa shape index (κ3) is 2.29. The molecule has 0 fully saturated rings. The average molecular weight is 310 g/mol. The van der Waals surface area contributed by atoms with Gasteiger partial charge in [-0.05, 0) is 30.0 Å². The topological polar surface area (TPSA) is 95.1 Å². The van der Waals surface area contributed by atoms with Gasteiger partial charge in [-0.15, -0.1) is 5.10 Å². The Balaban J connectivity index is 1.76. The summed E-state index contributed by atoms with van der Waals surface area (Å²) in [4.78, 5) is 14.0. The summed E-state index contributed by atoms with van der Waals surface area (Å²) in [6.45, 7) is 0. The molecule has 22 heavy (non-hydrogen) atoms. The molecule has 0 atom stereocenters. The second-order valence-corrected chi connectivity index (χ2v) is 5.48. The summed E-state index contributed by atoms with van der Waals surface area (Å²) in [5, 5.41) is 4.82. The van der Waals surface area contributed by atoms with E-state index in [1.165, 1.54) is 16.3 Å². The second kappa shape index (κ2) is 5.15. The summed E-state index contributed by atoms with van der Waals surface area (Å²) in [7, 11) is 0. The third-order valence-electron chi connectivity index (χ3n) is 2.94. The highest BCUT2D eigenvalue weighted by Crippen LogP contribution is 2.25. The Morgan fingerprint density at radius 2 is 1.91 bits per heavy atom. The highest BCUT2D eigenvalue weighted by atomic mass is 32.2. The van der Waals surface area contributed by atoms with Gasteiger partial charge in [0.05, 0.1) is 11.8 Å². The van der Waals surface area contributed by atoms with Gasteiger partial charge in [0.1, 0.15) is 6.26 Å². The quantitative estimate of drug-likeness (QED) is 0.621. The first-order valence-electron chi connectivity index (χ1n) is 6.45. The first-order valence-corrected chi connectivity index (χ1v) is 7.27. The summed E-state index contributed by atoms with van der Waals surface area (Å²) in [5.41, 5.74) is 6.72. The van der Waals surface area contributed by atoms with E-state index in [0.717, 1.165) is 10.5 Å². The number of aromatic nitrogens is 5. The molecular weight excluding hydrogens is 300 g/mol. The SMILES string of the molecule is Nc1nc(Sc2ccccc2)nc2nc(-c3ccoc3)nn12. The van der Waals surface area contributed by atoms with Gasteiger partial charge in [-0.3, -0.25) is 0 Å². The van der Waals surface area contributed by atoms with E-state index in [4.69, 9.17) is 10.2 Å². The minimum Gasteiger partial charge on any atom is -0.472 e. The molecule has 7 nitrogen and oxygen atoms in total. The largest absolute Gasteiger partial charge is 0.472 e. The highest BCUT2D eigenvalue weighted by Gasteiger charge is 2.13. The van der Waals surface area contributed by atoms with Gasteiger partial charge in [0.2, 0.25) is 5.95 Å². The number of nitrogens with two attached hydrogens (primary N) is 1. The van der Waals surface area contributed by atoms with Crippen LogP contribution in [0.15, 0.2) is 63.4 Å². The maximum absolute atomic E-state index is 5.95. The minimum atomic E-state index is 0.241. The van der Waals surface area contributed by atoms with Crippen LogP contribution in [0.3, 0.4) is 0 Å². The van der Waals surface area contributed by atoms with Crippen LogP contribution >= 0.6 is 11.8 Å². The van der Waals surface area contributed by atoms with Crippen LogP contribution in [0.1, 0.15) is 0 Å². The van der Waals surface area contributed by atoms with Gasteiger partial charge in [0.15, 0.2) is 11.0 Å². The van der Waals surface area contributed by atoms with E-state index in [1.807, 2.05) is 30.3 Å². The summed E-state index contributed by atoms with van der Waals surface area (Å²) in [5.74, 6) is 1.14. The van der Waals surface area contributed by atoms with Crippen molar-refractivity contribution in [1.29, 1.82) is 0 Å². The molecule has 0 aliphatic rings. The molecule has 0 bridgehead atoms. The number of hydrogen-bond acceptors (Lipinski definition) is 7. The van der Waals surface area contributed by atoms with Crippen LogP contribution in [-0.4, -0.2) is 24.6 Å². The maximum Gasteiger partial charge on any atom is 0.258 e. The van der Waals surface area contributed by atoms with Crippen LogP contribution in [0.2, 0.25) is 0 Å². The summed E-state index contributed by atoms with van der Waals surface area (Å²) in [6.07, 6.45) is 3.13. The first kappa shape index (κ1) is 12.8. The van der Waals surface area contributed by atoms with E-state index in [9.17, 15) is 0 Å². The van der Waals surface area contributed by atoms with Crippen molar-refractivity contribution in [3.8, 4) is 11.4 Å². The Morgan fingerprint density at radius 1 is 1.05 bits per heavy atom. The molecule has 0 saturated heterocycles. The van der Waals surface area contributed by atoms with Crippen molar-refractivity contribution in [2.45, 2.75) is 10.1 Å². The van der Waals surface area contributed by atoms with Crippen molar-refractivity contribution in [2.24, 2.45) is 0 Å². The minimum absolute atomic E-state index is 0.241. The van der Waals surface area contributed by atoms with Crippen molar-refractivity contribution in [3.63, 3.8) is 0 Å². The van der Waals surface area contributed by atoms with E-state index in [0.29, 0.717) is 16.8 Å². The van der Waals surface area contributed by atoms with E-state index in [2.05, 4.69) is 20.1 Å². The zero-order valence-electron chi connectivity index (χ0n) is 11.2. The molecule has 0 unspecified atom stereocenters. The van der Waals surface area contributed by atoms with Crippen molar-refractivity contribution in [3.05, 3.63) is 48.9 Å². The van der Waals surface area contributed by atoms with Gasteiger partial charge in [-0.25, -0.2) is 0 Å². The van der Waals surface area contributed by atoms with E-state index < -0.39 is 0 Å². The van der Waals surface area contributed by atoms with E-state index >= 15 is 0 Å². The van der Waals surface area contributed by atoms with Gasteiger partial charge in [0.25, 0.3) is 5.78 Å². The monoisotopic (exact) mass is 310 g/mol. The lowest BCUT2D eigenvalue weighted by Crippen LogP contribution is -2.05. The van der Waals surface area contributed by atoms with Crippen LogP contribution < -0.4 is 5.73 Å². The summed E-state index contributed by atoms with van der Waals surface area (Å²) >= 11 is 1.42. The lowest BCUT2D eigenvalue weighted by atomic mass is 10.3. The fraction of sp³-hybridized carbons (Fsp3) is 0. The van der Waals surface area contributed by atoms with Crippen molar-refractivity contribution < 1.29 is 4.42 Å². The second-order valence-electron chi connectivity index (χ2n) is 4.44. The zero-order valence-corrected chi connectivity index (χ0v) is 12.1. The molecule has 0 radical (unpaired) electrons. The molecule has 0 amide bonds. The average Bonchev–Trinajstić information content (AvgIpc) is 3.17. The molecule has 0 aliphatic heterocycles. The van der Waals surface area contributed by atoms with Gasteiger partial charge in [0, 0.05) is 4.90 Å². The number of nitrogen functional groups attached to an aromatic ring is 1. The molecule has 4 rings (SSSR count). The molecular formula is C14H10N6OS. The first-order chi connectivity index (χ1) is 10.8. The molecule has 8 heteroatoms. The molecule has 3 heterocycles. The molecule has 0 aliphatic carbocycles. The summed E-state index contributed by atoms with van der Waals surface area (Å²) in [6, 6.07) is 11.6. The molecule has 0 saturated carbocycles. The zero-order chi connectivity index (χ0) is 14.9. The standard InChI is InChI=1S/C14H10N6OS/c15-12-17-14(22-10-4-2-1-3-5-10)18-13-16-11(19-20(12)13)9-6-7-21-8-9/h1-8H,(H2,15,16,17,18,19). The van der Waals surface area contributed by atoms with Crippen molar-refractivity contribution >= 4 is 23.5 Å². The van der Waals surface area contributed by atoms with E-state index in [-0.39, 0.29) is 5.95 Å². The fourth-order valence-electron chi connectivity index (χ4n) is 1.94. The van der Waals surface area contributed by atoms with Gasteiger partial charge < -0.3 is 10.2 Å². The molecule has 4 aromatic rings. The predicted molar refractivity (Wildman–Crippen MR) is 81.3 cm³/mol. The summed E-state index contributed by atoms with van der Waals surface area (Å²) < 4.78 is 6.45. The Bertz CT molecular complexity index is 919. The van der Waals surface area contributed by atoms with Gasteiger partial charge in [-0.2, -0.15) is 19.5 Å². The normalized spacial score (nSPS) is 11.1. The van der Waals surface area contributed by atoms with Crippen LogP contribution in [0, 0.1) is 0 Å². The Hall–Kier alpha value is -2.87. The number of furan rings is 1. The van der Waals surface area contributed by atoms with E-state index in [1.54, 1.807) is 18.6 Å². The molecule has 0 spiro atoms. The number of anilines is 1. The number of rotatable bonds is 3. The number of hydrogen-bond donors (Lipinski definition) is 1. The number of nitrogens with zero attached hydrogens (tertiary/aromatic N) is 5. The molecule has 108 valence electrons. The van der Waals surface area contributed by atoms with Crippen molar-refractivity contribution in [2.75, 3.05) is 5.73 Å². The molecule has 1 aromatic carbocycles. The number of fused-ring (bicyclic) bond motifs is 1. The lowest BCUT2D eigenvalue weighted by molar-refractivity contribution is 0.568. The van der Waals surface area contributed by atoms with Crippen molar-refractivity contribution in [1.82, 2.24) is 24.6 Å². The molecule has 3 aromatic heterocycles. The fourth-order valence-corrected chi connectivity index (χ4v) is 2.71. The van der Waals surface area contributed by atoms with Crippen LogP contribution in [0.4, 0.5) is 5.95 Å². The molecule has 2 N–H and O–H groups in total. The maximum atomic E-state index is 5.95. The predicted octanol–water partition coefficient (Wildman–Crippen LogP) is 2.51. The smallest absolute Gasteiger partial charge is 0.258 e. The number of benzene rings is 1. The van der Waals surface area contributed by atoms with Gasteiger partial charge in [-0.1, -0.05) is 18.2 Å². The Kier molecular flexibility index (Phi) is 3.01. The van der Waals surface area contributed by atoms with Crippen LogP contribution in [0.25, 0.3) is 17.2 Å². The highest BCUT2D eigenvalue weighted by molar-refractivity contribution is 7.99. The van der Waals surface area contributed by atoms with Gasteiger partial charge >= 0.3 is 0 Å².